The maximum absolute atomic E-state index is 5.63. The van der Waals surface area contributed by atoms with Gasteiger partial charge in [0.2, 0.25) is 11.4 Å². The normalized spacial score (nSPS) is 10.3. The van der Waals surface area contributed by atoms with E-state index in [0.717, 1.165) is 22.1 Å². The molecule has 4 nitrogen and oxygen atoms in total. The summed E-state index contributed by atoms with van der Waals surface area (Å²) in [7, 11) is 0. The highest BCUT2D eigenvalue weighted by Crippen LogP contribution is 2.29. The minimum Gasteiger partial charge on any atom is -1.00 e. The van der Waals surface area contributed by atoms with Gasteiger partial charge in [-0.2, -0.15) is 4.98 Å². The van der Waals surface area contributed by atoms with E-state index < -0.39 is 0 Å². The summed E-state index contributed by atoms with van der Waals surface area (Å²) >= 11 is 1.66. The molecule has 0 saturated heterocycles. The summed E-state index contributed by atoms with van der Waals surface area (Å²) in [5.74, 6) is 0.736. The van der Waals surface area contributed by atoms with Crippen LogP contribution in [-0.2, 0) is 0 Å². The fraction of sp³-hybridized carbons (Fsp3) is 0.143. The molecule has 2 N–H and O–H groups in total. The molecule has 3 rings (SSSR count). The van der Waals surface area contributed by atoms with Crippen LogP contribution in [0.4, 0.5) is 6.01 Å². The van der Waals surface area contributed by atoms with E-state index >= 15 is 0 Å². The third-order valence-corrected chi connectivity index (χ3v) is 3.83. The first-order valence-corrected chi connectivity index (χ1v) is 6.77. The highest BCUT2D eigenvalue weighted by molar-refractivity contribution is 7.14. The molecule has 20 heavy (non-hydrogen) atoms. The van der Waals surface area contributed by atoms with Crippen LogP contribution in [0.2, 0.25) is 0 Å². The van der Waals surface area contributed by atoms with Crippen molar-refractivity contribution in [2.24, 2.45) is 0 Å². The standard InChI is InChI=1S/C14H13N3OS.BrH/c1-9-8-17(11-6-4-3-5-7-11)13(19-9)12-10(2)16-14(15)18-12;/h3-8,15H,1-2H3;1H. The molecular formula is C14H14BrN3OS. The lowest BCUT2D eigenvalue weighted by atomic mass is 10.3. The SMILES string of the molecule is Cc1c[n+](-c2ccccc2)c(-c2oc(N)nc2C)s1.[Br-]. The molecule has 0 bridgehead atoms. The minimum absolute atomic E-state index is 0. The van der Waals surface area contributed by atoms with Gasteiger partial charge in [-0.15, -0.1) is 4.57 Å². The summed E-state index contributed by atoms with van der Waals surface area (Å²) in [6, 6.07) is 10.4. The summed E-state index contributed by atoms with van der Waals surface area (Å²) in [4.78, 5) is 5.34. The Balaban J connectivity index is 0.00000147. The van der Waals surface area contributed by atoms with E-state index in [2.05, 4.69) is 34.8 Å². The molecule has 0 atom stereocenters. The Bertz CT molecular complexity index is 721. The number of hydrogen-bond acceptors (Lipinski definition) is 4. The fourth-order valence-electron chi connectivity index (χ4n) is 2.02. The molecule has 104 valence electrons. The van der Waals surface area contributed by atoms with Crippen LogP contribution in [0, 0.1) is 13.8 Å². The number of para-hydroxylation sites is 1. The molecule has 0 saturated carbocycles. The van der Waals surface area contributed by atoms with Gasteiger partial charge in [0, 0.05) is 12.1 Å². The number of halogens is 1. The van der Waals surface area contributed by atoms with Crippen LogP contribution in [0.5, 0.6) is 0 Å². The molecule has 0 aliphatic heterocycles. The first kappa shape index (κ1) is 14.7. The Morgan fingerprint density at radius 2 is 1.90 bits per heavy atom. The largest absolute Gasteiger partial charge is 1.00 e. The molecular weight excluding hydrogens is 338 g/mol. The van der Waals surface area contributed by atoms with Gasteiger partial charge < -0.3 is 27.1 Å². The van der Waals surface area contributed by atoms with Gasteiger partial charge in [0.15, 0.2) is 6.20 Å². The average molecular weight is 352 g/mol. The first-order chi connectivity index (χ1) is 9.15. The number of anilines is 1. The van der Waals surface area contributed by atoms with Gasteiger partial charge in [-0.05, 0) is 13.8 Å². The van der Waals surface area contributed by atoms with Crippen molar-refractivity contribution in [1.82, 2.24) is 4.98 Å². The van der Waals surface area contributed by atoms with E-state index in [1.54, 1.807) is 11.3 Å². The third kappa shape index (κ3) is 2.62. The van der Waals surface area contributed by atoms with E-state index in [-0.39, 0.29) is 23.0 Å². The Hall–Kier alpha value is -1.66. The van der Waals surface area contributed by atoms with Crippen molar-refractivity contribution in [3.8, 4) is 16.5 Å². The molecule has 3 aromatic rings. The Morgan fingerprint density at radius 3 is 2.50 bits per heavy atom. The number of rotatable bonds is 2. The van der Waals surface area contributed by atoms with Crippen LogP contribution < -0.4 is 27.3 Å². The Morgan fingerprint density at radius 1 is 1.20 bits per heavy atom. The molecule has 1 aromatic carbocycles. The predicted octanol–water partition coefficient (Wildman–Crippen LogP) is -0.117. The van der Waals surface area contributed by atoms with Crippen molar-refractivity contribution in [2.75, 3.05) is 5.73 Å². The molecule has 6 heteroatoms. The second-order valence-electron chi connectivity index (χ2n) is 4.32. The molecule has 0 fully saturated rings. The molecule has 2 heterocycles. The Kier molecular flexibility index (Phi) is 4.25. The number of benzene rings is 1. The van der Waals surface area contributed by atoms with Crippen LogP contribution in [-0.4, -0.2) is 4.98 Å². The highest BCUT2D eigenvalue weighted by atomic mass is 79.9. The molecule has 0 amide bonds. The van der Waals surface area contributed by atoms with Crippen molar-refractivity contribution in [1.29, 1.82) is 0 Å². The Labute approximate surface area is 131 Å². The number of aryl methyl sites for hydroxylation is 2. The van der Waals surface area contributed by atoms with E-state index in [9.17, 15) is 0 Å². The van der Waals surface area contributed by atoms with Crippen molar-refractivity contribution >= 4 is 17.4 Å². The van der Waals surface area contributed by atoms with Crippen LogP contribution >= 0.6 is 11.3 Å². The molecule has 0 spiro atoms. The topological polar surface area (TPSA) is 55.9 Å². The summed E-state index contributed by atoms with van der Waals surface area (Å²) < 4.78 is 7.64. The van der Waals surface area contributed by atoms with E-state index in [0.29, 0.717) is 0 Å². The van der Waals surface area contributed by atoms with Crippen LogP contribution in [0.1, 0.15) is 10.6 Å². The number of nitrogen functional groups attached to an aromatic ring is 1. The van der Waals surface area contributed by atoms with Gasteiger partial charge in [-0.1, -0.05) is 29.5 Å². The van der Waals surface area contributed by atoms with Gasteiger partial charge in [0.1, 0.15) is 0 Å². The third-order valence-electron chi connectivity index (χ3n) is 2.83. The molecule has 0 radical (unpaired) electrons. The average Bonchev–Trinajstić information content (AvgIpc) is 2.93. The zero-order valence-electron chi connectivity index (χ0n) is 11.1. The van der Waals surface area contributed by atoms with Crippen molar-refractivity contribution < 1.29 is 26.0 Å². The lowest BCUT2D eigenvalue weighted by molar-refractivity contribution is -0.579. The van der Waals surface area contributed by atoms with Gasteiger partial charge in [0.25, 0.3) is 6.01 Å². The smallest absolute Gasteiger partial charge is 0.313 e. The molecule has 2 aromatic heterocycles. The van der Waals surface area contributed by atoms with Gasteiger partial charge in [-0.3, -0.25) is 0 Å². The lowest BCUT2D eigenvalue weighted by Crippen LogP contribution is -3.00. The van der Waals surface area contributed by atoms with E-state index in [4.69, 9.17) is 10.2 Å². The lowest BCUT2D eigenvalue weighted by Gasteiger charge is -1.95. The van der Waals surface area contributed by atoms with Crippen LogP contribution in [0.3, 0.4) is 0 Å². The number of thiazole rings is 1. The van der Waals surface area contributed by atoms with Gasteiger partial charge in [0.05, 0.1) is 10.6 Å². The van der Waals surface area contributed by atoms with E-state index in [1.807, 2.05) is 25.1 Å². The van der Waals surface area contributed by atoms with Crippen molar-refractivity contribution in [3.05, 3.63) is 47.1 Å². The van der Waals surface area contributed by atoms with Crippen molar-refractivity contribution in [3.63, 3.8) is 0 Å². The first-order valence-electron chi connectivity index (χ1n) is 5.96. The maximum Gasteiger partial charge on any atom is 0.313 e. The van der Waals surface area contributed by atoms with Crippen LogP contribution in [0.15, 0.2) is 40.9 Å². The summed E-state index contributed by atoms with van der Waals surface area (Å²) in [5, 5.41) is 1.01. The van der Waals surface area contributed by atoms with Crippen LogP contribution in [0.25, 0.3) is 16.5 Å². The number of oxazole rings is 1. The van der Waals surface area contributed by atoms with Gasteiger partial charge >= 0.3 is 5.01 Å². The number of nitrogens with zero attached hydrogens (tertiary/aromatic N) is 2. The minimum atomic E-state index is 0. The van der Waals surface area contributed by atoms with Crippen molar-refractivity contribution in [2.45, 2.75) is 13.8 Å². The summed E-state index contributed by atoms with van der Waals surface area (Å²) in [6.07, 6.45) is 2.09. The molecule has 0 aliphatic carbocycles. The highest BCUT2D eigenvalue weighted by Gasteiger charge is 2.25. The summed E-state index contributed by atoms with van der Waals surface area (Å²) in [5.41, 5.74) is 7.53. The monoisotopic (exact) mass is 351 g/mol. The summed E-state index contributed by atoms with van der Waals surface area (Å²) in [6.45, 7) is 3.97. The predicted molar refractivity (Wildman–Crippen MR) is 75.2 cm³/mol. The quantitative estimate of drug-likeness (QED) is 0.655. The zero-order valence-corrected chi connectivity index (χ0v) is 13.5. The zero-order chi connectivity index (χ0) is 13.4. The second-order valence-corrected chi connectivity index (χ2v) is 5.55. The molecule has 0 unspecified atom stereocenters. The number of nitrogens with two attached hydrogens (primary N) is 1. The number of aromatic nitrogens is 2. The van der Waals surface area contributed by atoms with E-state index in [1.165, 1.54) is 4.88 Å². The van der Waals surface area contributed by atoms with Gasteiger partial charge in [-0.25, -0.2) is 0 Å². The second kappa shape index (κ2) is 5.76. The maximum atomic E-state index is 5.63. The molecule has 0 aliphatic rings. The number of hydrogen-bond donors (Lipinski definition) is 1. The fourth-order valence-corrected chi connectivity index (χ4v) is 3.02.